The van der Waals surface area contributed by atoms with E-state index in [-0.39, 0.29) is 6.42 Å². The lowest BCUT2D eigenvalue weighted by Gasteiger charge is -2.09. The van der Waals surface area contributed by atoms with Gasteiger partial charge in [-0.15, -0.1) is 0 Å². The van der Waals surface area contributed by atoms with Gasteiger partial charge in [-0.25, -0.2) is 4.79 Å². The van der Waals surface area contributed by atoms with Crippen molar-refractivity contribution in [2.24, 2.45) is 5.73 Å². The van der Waals surface area contributed by atoms with Gasteiger partial charge in [0.15, 0.2) is 0 Å². The van der Waals surface area contributed by atoms with Gasteiger partial charge in [-0.3, -0.25) is 4.79 Å². The zero-order chi connectivity index (χ0) is 11.8. The van der Waals surface area contributed by atoms with Gasteiger partial charge < -0.3 is 15.6 Å². The summed E-state index contributed by atoms with van der Waals surface area (Å²) in [5.74, 6) is -0.731. The summed E-state index contributed by atoms with van der Waals surface area (Å²) in [6.45, 7) is 1.44. The predicted molar refractivity (Wildman–Crippen MR) is 58.4 cm³/mol. The molecule has 0 aliphatic rings. The number of esters is 2. The molecule has 0 spiro atoms. The van der Waals surface area contributed by atoms with Crippen LogP contribution in [0, 0.1) is 0 Å². The monoisotopic (exact) mass is 235 g/mol. The van der Waals surface area contributed by atoms with Gasteiger partial charge in [0.25, 0.3) is 0 Å². The van der Waals surface area contributed by atoms with Gasteiger partial charge in [-0.1, -0.05) is 0 Å². The Bertz CT molecular complexity index is 220. The Morgan fingerprint density at radius 2 is 2.13 bits per heavy atom. The first-order valence-electron chi connectivity index (χ1n) is 4.64. The van der Waals surface area contributed by atoms with Gasteiger partial charge >= 0.3 is 11.9 Å². The summed E-state index contributed by atoms with van der Waals surface area (Å²) in [4.78, 5) is 22.2. The molecule has 2 atom stereocenters. The maximum absolute atomic E-state index is 11.2. The molecule has 15 heavy (non-hydrogen) atoms. The SMILES string of the molecule is CSCC[C@H](N)C(=O)OC(=O)CC(C)O. The van der Waals surface area contributed by atoms with Gasteiger partial charge in [0.1, 0.15) is 6.04 Å². The average molecular weight is 235 g/mol. The highest BCUT2D eigenvalue weighted by Gasteiger charge is 2.19. The van der Waals surface area contributed by atoms with Crippen LogP contribution in [0.3, 0.4) is 0 Å². The minimum absolute atomic E-state index is 0.193. The van der Waals surface area contributed by atoms with E-state index in [2.05, 4.69) is 4.74 Å². The lowest BCUT2D eigenvalue weighted by Crippen LogP contribution is -2.34. The molecule has 3 N–H and O–H groups in total. The van der Waals surface area contributed by atoms with Crippen molar-refractivity contribution >= 4 is 23.7 Å². The highest BCUT2D eigenvalue weighted by Crippen LogP contribution is 2.02. The number of ether oxygens (including phenoxy) is 1. The Hall–Kier alpha value is -0.590. The zero-order valence-corrected chi connectivity index (χ0v) is 9.75. The first-order valence-corrected chi connectivity index (χ1v) is 6.03. The lowest BCUT2D eigenvalue weighted by molar-refractivity contribution is -0.161. The van der Waals surface area contributed by atoms with Crippen LogP contribution in [0.5, 0.6) is 0 Å². The maximum atomic E-state index is 11.2. The molecule has 1 unspecified atom stereocenters. The molecular formula is C9H17NO4S. The summed E-state index contributed by atoms with van der Waals surface area (Å²) in [7, 11) is 0. The van der Waals surface area contributed by atoms with Crippen LogP contribution in [0.15, 0.2) is 0 Å². The second-order valence-electron chi connectivity index (χ2n) is 3.23. The second kappa shape index (κ2) is 7.67. The predicted octanol–water partition coefficient (Wildman–Crippen LogP) is -0.0925. The van der Waals surface area contributed by atoms with E-state index in [4.69, 9.17) is 10.8 Å². The summed E-state index contributed by atoms with van der Waals surface area (Å²) >= 11 is 1.56. The molecule has 0 aliphatic carbocycles. The largest absolute Gasteiger partial charge is 0.393 e. The minimum Gasteiger partial charge on any atom is -0.393 e. The van der Waals surface area contributed by atoms with Crippen molar-refractivity contribution in [3.63, 3.8) is 0 Å². The van der Waals surface area contributed by atoms with Crippen LogP contribution in [-0.4, -0.2) is 41.2 Å². The fourth-order valence-corrected chi connectivity index (χ4v) is 1.32. The highest BCUT2D eigenvalue weighted by molar-refractivity contribution is 7.98. The number of carbonyl (C=O) groups is 2. The summed E-state index contributed by atoms with van der Waals surface area (Å²) in [6.07, 6.45) is 1.37. The molecule has 5 nitrogen and oxygen atoms in total. The molecule has 0 aromatic carbocycles. The molecule has 0 rings (SSSR count). The quantitative estimate of drug-likeness (QED) is 0.494. The van der Waals surface area contributed by atoms with Crippen LogP contribution < -0.4 is 5.73 Å². The number of aliphatic hydroxyl groups is 1. The Morgan fingerprint density at radius 3 is 2.60 bits per heavy atom. The molecule has 0 amide bonds. The highest BCUT2D eigenvalue weighted by atomic mass is 32.2. The van der Waals surface area contributed by atoms with Gasteiger partial charge in [0.2, 0.25) is 0 Å². The number of carbonyl (C=O) groups excluding carboxylic acids is 2. The van der Waals surface area contributed by atoms with Crippen molar-refractivity contribution < 1.29 is 19.4 Å². The van der Waals surface area contributed by atoms with E-state index in [1.165, 1.54) is 6.92 Å². The van der Waals surface area contributed by atoms with E-state index in [1.807, 2.05) is 6.26 Å². The molecule has 0 aromatic heterocycles. The van der Waals surface area contributed by atoms with Gasteiger partial charge in [0, 0.05) is 0 Å². The molecular weight excluding hydrogens is 218 g/mol. The van der Waals surface area contributed by atoms with Crippen LogP contribution in [0.4, 0.5) is 0 Å². The molecule has 0 bridgehead atoms. The van der Waals surface area contributed by atoms with E-state index in [0.717, 1.165) is 5.75 Å². The third-order valence-corrected chi connectivity index (χ3v) is 2.26. The number of nitrogens with two attached hydrogens (primary N) is 1. The number of hydrogen-bond acceptors (Lipinski definition) is 6. The van der Waals surface area contributed by atoms with Crippen molar-refractivity contribution in [3.8, 4) is 0 Å². The van der Waals surface area contributed by atoms with Crippen molar-refractivity contribution in [1.29, 1.82) is 0 Å². The third-order valence-electron chi connectivity index (χ3n) is 1.61. The Labute approximate surface area is 93.4 Å². The Morgan fingerprint density at radius 1 is 1.53 bits per heavy atom. The van der Waals surface area contributed by atoms with Gasteiger partial charge in [-0.2, -0.15) is 11.8 Å². The maximum Gasteiger partial charge on any atom is 0.330 e. The number of thioether (sulfide) groups is 1. The van der Waals surface area contributed by atoms with Crippen LogP contribution in [0.25, 0.3) is 0 Å². The molecule has 0 heterocycles. The standard InChI is InChI=1S/C9H17NO4S/c1-6(11)5-8(12)14-9(13)7(10)3-4-15-2/h6-7,11H,3-5,10H2,1-2H3/t6?,7-/m0/s1. The molecule has 0 saturated carbocycles. The Kier molecular flexibility index (Phi) is 7.37. The molecule has 0 aliphatic heterocycles. The fraction of sp³-hybridized carbons (Fsp3) is 0.778. The minimum atomic E-state index is -0.812. The lowest BCUT2D eigenvalue weighted by atomic mass is 10.2. The molecule has 0 saturated heterocycles. The topological polar surface area (TPSA) is 89.6 Å². The van der Waals surface area contributed by atoms with Gasteiger partial charge in [-0.05, 0) is 25.4 Å². The van der Waals surface area contributed by atoms with Crippen molar-refractivity contribution in [3.05, 3.63) is 0 Å². The van der Waals surface area contributed by atoms with Crippen LogP contribution in [0.1, 0.15) is 19.8 Å². The van der Waals surface area contributed by atoms with Crippen molar-refractivity contribution in [1.82, 2.24) is 0 Å². The van der Waals surface area contributed by atoms with Crippen LogP contribution in [-0.2, 0) is 14.3 Å². The number of hydrogen-bond donors (Lipinski definition) is 2. The van der Waals surface area contributed by atoms with E-state index in [0.29, 0.717) is 6.42 Å². The number of aliphatic hydroxyl groups excluding tert-OH is 1. The molecule has 0 aromatic rings. The smallest absolute Gasteiger partial charge is 0.330 e. The molecule has 6 heteroatoms. The van der Waals surface area contributed by atoms with E-state index < -0.39 is 24.1 Å². The Balaban J connectivity index is 3.85. The zero-order valence-electron chi connectivity index (χ0n) is 8.93. The fourth-order valence-electron chi connectivity index (χ4n) is 0.833. The summed E-state index contributed by atoms with van der Waals surface area (Å²) in [6, 6.07) is -0.768. The first-order chi connectivity index (χ1) is 6.97. The van der Waals surface area contributed by atoms with E-state index >= 15 is 0 Å². The number of rotatable bonds is 6. The molecule has 88 valence electrons. The van der Waals surface area contributed by atoms with Gasteiger partial charge in [0.05, 0.1) is 12.5 Å². The van der Waals surface area contributed by atoms with Crippen LogP contribution >= 0.6 is 11.8 Å². The summed E-state index contributed by atoms with van der Waals surface area (Å²) in [5.41, 5.74) is 5.48. The first kappa shape index (κ1) is 14.4. The summed E-state index contributed by atoms with van der Waals surface area (Å²) < 4.78 is 4.45. The van der Waals surface area contributed by atoms with E-state index in [1.54, 1.807) is 11.8 Å². The van der Waals surface area contributed by atoms with Crippen LogP contribution in [0.2, 0.25) is 0 Å². The normalized spacial score (nSPS) is 14.4. The second-order valence-corrected chi connectivity index (χ2v) is 4.22. The van der Waals surface area contributed by atoms with E-state index in [9.17, 15) is 9.59 Å². The average Bonchev–Trinajstić information content (AvgIpc) is 2.12. The summed E-state index contributed by atoms with van der Waals surface area (Å²) in [5, 5.41) is 8.87. The van der Waals surface area contributed by atoms with Crippen molar-refractivity contribution in [2.75, 3.05) is 12.0 Å². The molecule has 0 radical (unpaired) electrons. The third kappa shape index (κ3) is 7.35. The van der Waals surface area contributed by atoms with Crippen molar-refractivity contribution in [2.45, 2.75) is 31.9 Å². The molecule has 0 fully saturated rings.